The normalized spacial score (nSPS) is 25.4. The van der Waals surface area contributed by atoms with Gasteiger partial charge in [-0.3, -0.25) is 4.79 Å². The van der Waals surface area contributed by atoms with Crippen molar-refractivity contribution >= 4 is 5.91 Å². The van der Waals surface area contributed by atoms with E-state index in [0.29, 0.717) is 23.8 Å². The van der Waals surface area contributed by atoms with Gasteiger partial charge in [0, 0.05) is 19.1 Å². The molecular weight excluding hydrogens is 200 g/mol. The third-order valence-electron chi connectivity index (χ3n) is 3.30. The van der Waals surface area contributed by atoms with Crippen LogP contribution in [0.25, 0.3) is 0 Å². The molecule has 16 heavy (non-hydrogen) atoms. The Kier molecular flexibility index (Phi) is 4.78. The van der Waals surface area contributed by atoms with Gasteiger partial charge in [-0.25, -0.2) is 0 Å². The first kappa shape index (κ1) is 13.5. The maximum Gasteiger partial charge on any atom is 0.227 e. The van der Waals surface area contributed by atoms with Crippen LogP contribution in [0.3, 0.4) is 0 Å². The molecule has 3 nitrogen and oxygen atoms in total. The smallest absolute Gasteiger partial charge is 0.227 e. The highest BCUT2D eigenvalue weighted by Crippen LogP contribution is 2.20. The summed E-state index contributed by atoms with van der Waals surface area (Å²) < 4.78 is 0. The van der Waals surface area contributed by atoms with Crippen LogP contribution in [0.1, 0.15) is 34.6 Å². The van der Waals surface area contributed by atoms with Crippen molar-refractivity contribution in [3.63, 3.8) is 0 Å². The van der Waals surface area contributed by atoms with Crippen LogP contribution in [0.5, 0.6) is 0 Å². The lowest BCUT2D eigenvalue weighted by Crippen LogP contribution is -2.44. The number of hydrogen-bond donors (Lipinski definition) is 1. The summed E-state index contributed by atoms with van der Waals surface area (Å²) in [5.41, 5.74) is 0. The molecule has 2 unspecified atom stereocenters. The van der Waals surface area contributed by atoms with Gasteiger partial charge in [0.05, 0.1) is 5.92 Å². The molecule has 2 atom stereocenters. The fourth-order valence-corrected chi connectivity index (χ4v) is 2.30. The Morgan fingerprint density at radius 1 is 1.31 bits per heavy atom. The lowest BCUT2D eigenvalue weighted by molar-refractivity contribution is -0.138. The molecular formula is C13H26N2O. The second kappa shape index (κ2) is 5.67. The van der Waals surface area contributed by atoms with Crippen molar-refractivity contribution in [1.82, 2.24) is 10.2 Å². The zero-order valence-corrected chi connectivity index (χ0v) is 11.3. The van der Waals surface area contributed by atoms with Crippen LogP contribution < -0.4 is 5.32 Å². The van der Waals surface area contributed by atoms with Crippen molar-refractivity contribution in [2.24, 2.45) is 17.8 Å². The number of rotatable bonds is 4. The molecule has 0 saturated carbocycles. The zero-order chi connectivity index (χ0) is 12.3. The van der Waals surface area contributed by atoms with Crippen molar-refractivity contribution in [3.8, 4) is 0 Å². The maximum absolute atomic E-state index is 12.4. The molecule has 0 bridgehead atoms. The highest BCUT2D eigenvalue weighted by Gasteiger charge is 2.33. The number of hydrogen-bond acceptors (Lipinski definition) is 2. The van der Waals surface area contributed by atoms with Crippen molar-refractivity contribution in [2.75, 3.05) is 19.6 Å². The fraction of sp³-hybridized carbons (Fsp3) is 0.923. The average molecular weight is 226 g/mol. The standard InChI is InChI=1S/C13H26N2O/c1-9(2)8-15(10(3)4)13(16)12-7-14-6-11(12)5/h9-12,14H,6-8H2,1-5H3. The van der Waals surface area contributed by atoms with Crippen molar-refractivity contribution in [3.05, 3.63) is 0 Å². The quantitative estimate of drug-likeness (QED) is 0.792. The van der Waals surface area contributed by atoms with Crippen LogP contribution in [0, 0.1) is 17.8 Å². The fourth-order valence-electron chi connectivity index (χ4n) is 2.30. The molecule has 0 aliphatic carbocycles. The molecule has 0 radical (unpaired) electrons. The van der Waals surface area contributed by atoms with Crippen molar-refractivity contribution in [2.45, 2.75) is 40.7 Å². The Hall–Kier alpha value is -0.570. The minimum atomic E-state index is 0.182. The van der Waals surface area contributed by atoms with Crippen molar-refractivity contribution < 1.29 is 4.79 Å². The third kappa shape index (κ3) is 3.21. The Labute approximate surface area is 99.6 Å². The predicted molar refractivity (Wildman–Crippen MR) is 67.2 cm³/mol. The Bertz CT molecular complexity index is 238. The predicted octanol–water partition coefficient (Wildman–Crippen LogP) is 1.73. The van der Waals surface area contributed by atoms with Crippen LogP contribution in [0.2, 0.25) is 0 Å². The van der Waals surface area contributed by atoms with Gasteiger partial charge in [-0.2, -0.15) is 0 Å². The number of nitrogens with zero attached hydrogens (tertiary/aromatic N) is 1. The van der Waals surface area contributed by atoms with Gasteiger partial charge in [0.2, 0.25) is 5.91 Å². The summed E-state index contributed by atoms with van der Waals surface area (Å²) in [5, 5.41) is 3.30. The molecule has 1 aliphatic rings. The molecule has 1 rings (SSSR count). The van der Waals surface area contributed by atoms with Gasteiger partial charge in [-0.15, -0.1) is 0 Å². The highest BCUT2D eigenvalue weighted by atomic mass is 16.2. The lowest BCUT2D eigenvalue weighted by Gasteiger charge is -2.31. The Morgan fingerprint density at radius 2 is 1.94 bits per heavy atom. The van der Waals surface area contributed by atoms with E-state index >= 15 is 0 Å². The monoisotopic (exact) mass is 226 g/mol. The molecule has 0 aromatic heterocycles. The molecule has 0 aromatic rings. The van der Waals surface area contributed by atoms with Gasteiger partial charge in [-0.1, -0.05) is 20.8 Å². The Balaban J connectivity index is 2.66. The average Bonchev–Trinajstić information content (AvgIpc) is 2.59. The van der Waals surface area contributed by atoms with E-state index < -0.39 is 0 Å². The third-order valence-corrected chi connectivity index (χ3v) is 3.30. The molecule has 1 aliphatic heterocycles. The van der Waals surface area contributed by atoms with E-state index in [1.54, 1.807) is 0 Å². The van der Waals surface area contributed by atoms with E-state index in [2.05, 4.69) is 39.9 Å². The summed E-state index contributed by atoms with van der Waals surface area (Å²) in [6.07, 6.45) is 0. The first-order chi connectivity index (χ1) is 7.43. The van der Waals surface area contributed by atoms with Gasteiger partial charge in [0.15, 0.2) is 0 Å². The first-order valence-electron chi connectivity index (χ1n) is 6.44. The number of carbonyl (C=O) groups excluding carboxylic acids is 1. The summed E-state index contributed by atoms with van der Waals surface area (Å²) >= 11 is 0. The van der Waals surface area contributed by atoms with E-state index in [-0.39, 0.29) is 5.92 Å². The SMILES string of the molecule is CC(C)CN(C(=O)C1CNCC1C)C(C)C. The van der Waals surface area contributed by atoms with E-state index in [4.69, 9.17) is 0 Å². The zero-order valence-electron chi connectivity index (χ0n) is 11.3. The van der Waals surface area contributed by atoms with E-state index in [0.717, 1.165) is 19.6 Å². The summed E-state index contributed by atoms with van der Waals surface area (Å²) in [4.78, 5) is 14.5. The maximum atomic E-state index is 12.4. The number of amides is 1. The summed E-state index contributed by atoms with van der Waals surface area (Å²) in [7, 11) is 0. The van der Waals surface area contributed by atoms with Crippen LogP contribution in [0.15, 0.2) is 0 Å². The van der Waals surface area contributed by atoms with Gasteiger partial charge in [0.1, 0.15) is 0 Å². The second-order valence-electron chi connectivity index (χ2n) is 5.72. The molecule has 1 N–H and O–H groups in total. The van der Waals surface area contributed by atoms with E-state index in [1.165, 1.54) is 0 Å². The molecule has 3 heteroatoms. The summed E-state index contributed by atoms with van der Waals surface area (Å²) in [6.45, 7) is 13.4. The highest BCUT2D eigenvalue weighted by molar-refractivity contribution is 5.80. The summed E-state index contributed by atoms with van der Waals surface area (Å²) in [5.74, 6) is 1.53. The number of nitrogens with one attached hydrogen (secondary N) is 1. The van der Waals surface area contributed by atoms with Gasteiger partial charge in [0.25, 0.3) is 0 Å². The molecule has 1 amide bonds. The lowest BCUT2D eigenvalue weighted by atomic mass is 9.95. The molecule has 1 fully saturated rings. The van der Waals surface area contributed by atoms with Gasteiger partial charge in [-0.05, 0) is 32.2 Å². The van der Waals surface area contributed by atoms with E-state index in [9.17, 15) is 4.79 Å². The number of carbonyl (C=O) groups is 1. The van der Waals surface area contributed by atoms with Crippen LogP contribution in [-0.4, -0.2) is 36.5 Å². The van der Waals surface area contributed by atoms with Crippen LogP contribution in [-0.2, 0) is 4.79 Å². The van der Waals surface area contributed by atoms with Crippen molar-refractivity contribution in [1.29, 1.82) is 0 Å². The van der Waals surface area contributed by atoms with E-state index in [1.807, 2.05) is 4.90 Å². The largest absolute Gasteiger partial charge is 0.340 e. The second-order valence-corrected chi connectivity index (χ2v) is 5.72. The Morgan fingerprint density at radius 3 is 2.31 bits per heavy atom. The molecule has 1 saturated heterocycles. The summed E-state index contributed by atoms with van der Waals surface area (Å²) in [6, 6.07) is 0.308. The topological polar surface area (TPSA) is 32.3 Å². The van der Waals surface area contributed by atoms with Crippen LogP contribution >= 0.6 is 0 Å². The molecule has 0 spiro atoms. The van der Waals surface area contributed by atoms with Gasteiger partial charge < -0.3 is 10.2 Å². The minimum absolute atomic E-state index is 0.182. The van der Waals surface area contributed by atoms with Crippen LogP contribution in [0.4, 0.5) is 0 Å². The molecule has 0 aromatic carbocycles. The minimum Gasteiger partial charge on any atom is -0.340 e. The first-order valence-corrected chi connectivity index (χ1v) is 6.44. The molecule has 1 heterocycles. The molecule has 94 valence electrons. The van der Waals surface area contributed by atoms with Gasteiger partial charge >= 0.3 is 0 Å².